The molecule has 210 valence electrons. The number of piperidine rings is 1. The van der Waals surface area contributed by atoms with Crippen LogP contribution in [-0.2, 0) is 0 Å². The molecule has 0 aliphatic carbocycles. The van der Waals surface area contributed by atoms with Crippen molar-refractivity contribution < 1.29 is 18.3 Å². The summed E-state index contributed by atoms with van der Waals surface area (Å²) < 4.78 is 33.5. The first-order chi connectivity index (χ1) is 19.9. The number of hydrogen-bond acceptors (Lipinski definition) is 8. The van der Waals surface area contributed by atoms with Crippen LogP contribution in [0.5, 0.6) is 5.75 Å². The average Bonchev–Trinajstić information content (AvgIpc) is 3.61. The van der Waals surface area contributed by atoms with E-state index in [0.717, 1.165) is 5.52 Å². The quantitative estimate of drug-likeness (QED) is 0.294. The molecule has 1 fully saturated rings. The van der Waals surface area contributed by atoms with Gasteiger partial charge in [0.1, 0.15) is 34.8 Å². The molecule has 1 amide bonds. The van der Waals surface area contributed by atoms with Crippen molar-refractivity contribution in [2.75, 3.05) is 20.1 Å². The van der Waals surface area contributed by atoms with Gasteiger partial charge in [0.15, 0.2) is 5.82 Å². The van der Waals surface area contributed by atoms with Gasteiger partial charge >= 0.3 is 6.61 Å². The number of likely N-dealkylation sites (N-methyl/N-ethyl adjacent to an activating group) is 1. The van der Waals surface area contributed by atoms with Crippen LogP contribution in [0, 0.1) is 0 Å². The lowest BCUT2D eigenvalue weighted by molar-refractivity contribution is -0.0494. The molecular weight excluding hydrogens is 556 g/mol. The van der Waals surface area contributed by atoms with E-state index in [-0.39, 0.29) is 29.4 Å². The van der Waals surface area contributed by atoms with Crippen molar-refractivity contribution in [1.82, 2.24) is 44.9 Å². The second-order valence-corrected chi connectivity index (χ2v) is 10.1. The highest BCUT2D eigenvalue weighted by atomic mass is 35.5. The van der Waals surface area contributed by atoms with Crippen LogP contribution < -0.4 is 10.1 Å². The third kappa shape index (κ3) is 5.58. The van der Waals surface area contributed by atoms with Crippen LogP contribution in [0.3, 0.4) is 0 Å². The lowest BCUT2D eigenvalue weighted by atomic mass is 9.99. The van der Waals surface area contributed by atoms with Crippen molar-refractivity contribution in [2.24, 2.45) is 0 Å². The fourth-order valence-corrected chi connectivity index (χ4v) is 5.39. The molecule has 1 aromatic carbocycles. The molecule has 5 aromatic rings. The van der Waals surface area contributed by atoms with E-state index in [1.165, 1.54) is 24.7 Å². The molecule has 0 spiro atoms. The highest BCUT2D eigenvalue weighted by molar-refractivity contribution is 6.30. The second kappa shape index (κ2) is 11.2. The molecule has 0 bridgehead atoms. The van der Waals surface area contributed by atoms with E-state index in [2.05, 4.69) is 35.4 Å². The summed E-state index contributed by atoms with van der Waals surface area (Å²) >= 11 is 6.06. The van der Waals surface area contributed by atoms with Gasteiger partial charge in [0.25, 0.3) is 5.91 Å². The number of carbonyl (C=O) groups is 1. The molecule has 41 heavy (non-hydrogen) atoms. The summed E-state index contributed by atoms with van der Waals surface area (Å²) in [5.41, 5.74) is 2.45. The monoisotopic (exact) mass is 579 g/mol. The molecule has 1 aliphatic heterocycles. The van der Waals surface area contributed by atoms with Gasteiger partial charge in [-0.1, -0.05) is 23.7 Å². The number of carbonyl (C=O) groups excluding carboxylic acids is 1. The van der Waals surface area contributed by atoms with Crippen molar-refractivity contribution in [3.8, 4) is 28.7 Å². The number of hydrogen-bond donors (Lipinski definition) is 2. The fraction of sp³-hybridized carbons (Fsp3) is 0.259. The van der Waals surface area contributed by atoms with Crippen LogP contribution in [0.25, 0.3) is 33.9 Å². The first kappa shape index (κ1) is 26.7. The Kier molecular flexibility index (Phi) is 7.28. The number of rotatable bonds is 7. The molecule has 6 rings (SSSR count). The number of aromatic nitrogens is 7. The topological polar surface area (TPSA) is 127 Å². The van der Waals surface area contributed by atoms with Crippen molar-refractivity contribution in [2.45, 2.75) is 25.1 Å². The molecule has 2 N–H and O–H groups in total. The minimum atomic E-state index is -3.01. The zero-order valence-electron chi connectivity index (χ0n) is 21.7. The Morgan fingerprint density at radius 1 is 1.17 bits per heavy atom. The maximum absolute atomic E-state index is 13.3. The number of imidazole rings is 1. The van der Waals surface area contributed by atoms with Crippen molar-refractivity contribution in [1.29, 1.82) is 0 Å². The number of H-pyrrole nitrogens is 1. The van der Waals surface area contributed by atoms with Gasteiger partial charge in [-0.2, -0.15) is 13.9 Å². The van der Waals surface area contributed by atoms with Crippen LogP contribution in [0.4, 0.5) is 8.78 Å². The summed E-state index contributed by atoms with van der Waals surface area (Å²) in [5, 5.41) is 10.2. The maximum Gasteiger partial charge on any atom is 0.387 e. The van der Waals surface area contributed by atoms with Gasteiger partial charge in [0, 0.05) is 30.4 Å². The number of nitrogens with zero attached hydrogens (tertiary/aromatic N) is 7. The Labute approximate surface area is 237 Å². The molecule has 5 heterocycles. The number of aromatic amines is 1. The van der Waals surface area contributed by atoms with Crippen molar-refractivity contribution in [3.05, 3.63) is 71.9 Å². The predicted octanol–water partition coefficient (Wildman–Crippen LogP) is 4.21. The molecule has 11 nitrogen and oxygen atoms in total. The Balaban J connectivity index is 1.43. The third-order valence-electron chi connectivity index (χ3n) is 6.84. The molecule has 0 radical (unpaired) electrons. The van der Waals surface area contributed by atoms with Crippen LogP contribution >= 0.6 is 11.6 Å². The Morgan fingerprint density at radius 3 is 2.80 bits per heavy atom. The lowest BCUT2D eigenvalue weighted by Gasteiger charge is -2.37. The number of fused-ring (bicyclic) bond motifs is 1. The standard InChI is InChI=1S/C27H24ClF2N9O2/c1-38-12-16(35-26(40)20-8-15(28)6-7-31-20)9-17(13-38)39-22-10-19(24-33-14-34-37-24)32-11-21(22)36-25(39)18-4-2-3-5-23(18)41-27(29)30/h2-8,10-11,14,16-17,27H,9,12-13H2,1H3,(H,35,40)(H,33,34,37)/t16?,17-/m0/s1. The number of amides is 1. The highest BCUT2D eigenvalue weighted by Crippen LogP contribution is 2.37. The van der Waals surface area contributed by atoms with Crippen LogP contribution in [0.2, 0.25) is 5.02 Å². The van der Waals surface area contributed by atoms with Crippen molar-refractivity contribution >= 4 is 28.5 Å². The number of para-hydroxylation sites is 1. The zero-order valence-corrected chi connectivity index (χ0v) is 22.5. The minimum Gasteiger partial charge on any atom is -0.434 e. The summed E-state index contributed by atoms with van der Waals surface area (Å²) in [6, 6.07) is 11.0. The van der Waals surface area contributed by atoms with E-state index >= 15 is 0 Å². The Bertz CT molecular complexity index is 1700. The first-order valence-electron chi connectivity index (χ1n) is 12.7. The normalized spacial score (nSPS) is 17.7. The Morgan fingerprint density at radius 2 is 2.02 bits per heavy atom. The van der Waals surface area contributed by atoms with Gasteiger partial charge in [-0.15, -0.1) is 0 Å². The minimum absolute atomic E-state index is 0.00326. The van der Waals surface area contributed by atoms with E-state index in [1.807, 2.05) is 17.7 Å². The molecule has 1 unspecified atom stereocenters. The van der Waals surface area contributed by atoms with Crippen molar-refractivity contribution in [3.63, 3.8) is 0 Å². The lowest BCUT2D eigenvalue weighted by Crippen LogP contribution is -2.50. The summed E-state index contributed by atoms with van der Waals surface area (Å²) in [5.74, 6) is 0.579. The predicted molar refractivity (Wildman–Crippen MR) is 147 cm³/mol. The summed E-state index contributed by atoms with van der Waals surface area (Å²) in [4.78, 5) is 32.7. The number of nitrogens with one attached hydrogen (secondary N) is 2. The highest BCUT2D eigenvalue weighted by Gasteiger charge is 2.32. The number of benzene rings is 1. The van der Waals surface area contributed by atoms with Gasteiger partial charge in [-0.25, -0.2) is 9.97 Å². The molecule has 1 aliphatic rings. The summed E-state index contributed by atoms with van der Waals surface area (Å²) in [7, 11) is 1.96. The first-order valence-corrected chi connectivity index (χ1v) is 13.1. The second-order valence-electron chi connectivity index (χ2n) is 9.71. The maximum atomic E-state index is 13.3. The summed E-state index contributed by atoms with van der Waals surface area (Å²) in [6.45, 7) is -1.80. The molecular formula is C27H24ClF2N9O2. The molecule has 2 atom stereocenters. The largest absolute Gasteiger partial charge is 0.434 e. The van der Waals surface area contributed by atoms with Crippen LogP contribution in [0.15, 0.2) is 61.2 Å². The SMILES string of the molecule is CN1CC(NC(=O)c2cc(Cl)ccn2)C[C@H](n2c(-c3ccccc3OC(F)F)nc3cnc(-c4ncn[nH]4)cc32)C1. The van der Waals surface area contributed by atoms with Gasteiger partial charge < -0.3 is 19.5 Å². The van der Waals surface area contributed by atoms with Crippen LogP contribution in [0.1, 0.15) is 23.0 Å². The van der Waals surface area contributed by atoms with E-state index in [9.17, 15) is 13.6 Å². The van der Waals surface area contributed by atoms with Gasteiger partial charge in [-0.05, 0) is 43.8 Å². The van der Waals surface area contributed by atoms with Gasteiger partial charge in [-0.3, -0.25) is 19.9 Å². The smallest absolute Gasteiger partial charge is 0.387 e. The summed E-state index contributed by atoms with van der Waals surface area (Å²) in [6.07, 6.45) is 5.02. The Hall–Kier alpha value is -4.49. The molecule has 14 heteroatoms. The van der Waals surface area contributed by atoms with E-state index in [1.54, 1.807) is 30.5 Å². The number of halogens is 3. The average molecular weight is 580 g/mol. The van der Waals surface area contributed by atoms with Crippen LogP contribution in [-0.4, -0.2) is 78.3 Å². The third-order valence-corrected chi connectivity index (χ3v) is 7.08. The number of ether oxygens (including phenoxy) is 1. The van der Waals surface area contributed by atoms with Gasteiger partial charge in [0.2, 0.25) is 0 Å². The zero-order chi connectivity index (χ0) is 28.5. The van der Waals surface area contributed by atoms with E-state index in [0.29, 0.717) is 53.0 Å². The number of pyridine rings is 2. The van der Waals surface area contributed by atoms with E-state index in [4.69, 9.17) is 21.3 Å². The molecule has 0 saturated carbocycles. The molecule has 4 aromatic heterocycles. The van der Waals surface area contributed by atoms with E-state index < -0.39 is 6.61 Å². The molecule has 1 saturated heterocycles. The fourth-order valence-electron chi connectivity index (χ4n) is 5.23. The van der Waals surface area contributed by atoms with Gasteiger partial charge in [0.05, 0.1) is 23.3 Å². The number of likely N-dealkylation sites (tertiary alicyclic amines) is 1. The number of alkyl halides is 2.